The summed E-state index contributed by atoms with van der Waals surface area (Å²) >= 11 is 0. The molecule has 0 atom stereocenters. The zero-order chi connectivity index (χ0) is 26.8. The Bertz CT molecular complexity index is 1410. The molecule has 1 amide bonds. The predicted octanol–water partition coefficient (Wildman–Crippen LogP) is 2.49. The first-order valence-corrected chi connectivity index (χ1v) is 12.1. The van der Waals surface area contributed by atoms with Crippen molar-refractivity contribution in [2.75, 3.05) is 24.6 Å². The van der Waals surface area contributed by atoms with Crippen LogP contribution in [0, 0.1) is 10.1 Å². The van der Waals surface area contributed by atoms with Crippen molar-refractivity contribution in [2.45, 2.75) is 4.90 Å². The number of amides is 1. The van der Waals surface area contributed by atoms with E-state index in [-0.39, 0.29) is 17.2 Å². The normalized spacial score (nSPS) is 11.1. The largest absolute Gasteiger partial charge is 0.482 e. The van der Waals surface area contributed by atoms with Gasteiger partial charge in [0.25, 0.3) is 21.6 Å². The zero-order valence-electron chi connectivity index (χ0n) is 19.5. The number of nitrogens with one attached hydrogen (secondary N) is 1. The first-order valence-electron chi connectivity index (χ1n) is 10.6. The van der Waals surface area contributed by atoms with Crippen molar-refractivity contribution in [1.82, 2.24) is 5.43 Å². The number of nitro benzene ring substituents is 1. The Morgan fingerprint density at radius 3 is 2.46 bits per heavy atom. The third-order valence-electron chi connectivity index (χ3n) is 4.81. The van der Waals surface area contributed by atoms with Gasteiger partial charge in [0.1, 0.15) is 18.0 Å². The molecule has 0 aliphatic rings. The van der Waals surface area contributed by atoms with Crippen LogP contribution < -0.4 is 14.5 Å². The van der Waals surface area contributed by atoms with Crippen LogP contribution in [0.25, 0.3) is 0 Å². The average molecular weight is 527 g/mol. The summed E-state index contributed by atoms with van der Waals surface area (Å²) in [5.41, 5.74) is 1.97. The van der Waals surface area contributed by atoms with E-state index >= 15 is 0 Å². The van der Waals surface area contributed by atoms with Crippen LogP contribution in [0.1, 0.15) is 5.56 Å². The summed E-state index contributed by atoms with van der Waals surface area (Å²) in [7, 11) is -3.11. The summed E-state index contributed by atoms with van der Waals surface area (Å²) in [4.78, 5) is 34.6. The van der Waals surface area contributed by atoms with Crippen LogP contribution in [0.3, 0.4) is 0 Å². The van der Waals surface area contributed by atoms with Crippen LogP contribution in [-0.2, 0) is 24.3 Å². The number of hydrazone groups is 1. The number of para-hydroxylation sites is 2. The highest BCUT2D eigenvalue weighted by molar-refractivity contribution is 7.92. The Morgan fingerprint density at radius 2 is 1.76 bits per heavy atom. The van der Waals surface area contributed by atoms with E-state index in [2.05, 4.69) is 15.3 Å². The molecule has 3 aromatic carbocycles. The van der Waals surface area contributed by atoms with Crippen molar-refractivity contribution in [3.63, 3.8) is 0 Å². The lowest BCUT2D eigenvalue weighted by atomic mass is 10.2. The molecule has 0 saturated carbocycles. The van der Waals surface area contributed by atoms with Crippen LogP contribution in [0.15, 0.2) is 88.9 Å². The number of nitro groups is 1. The summed E-state index contributed by atoms with van der Waals surface area (Å²) in [6, 6.07) is 18.9. The second-order valence-electron chi connectivity index (χ2n) is 7.30. The molecule has 12 nitrogen and oxygen atoms in total. The molecule has 0 fully saturated rings. The summed E-state index contributed by atoms with van der Waals surface area (Å²) in [6.07, 6.45) is 1.28. The number of rotatable bonds is 11. The van der Waals surface area contributed by atoms with E-state index in [1.165, 1.54) is 55.8 Å². The van der Waals surface area contributed by atoms with E-state index in [9.17, 15) is 28.1 Å². The Balaban J connectivity index is 1.80. The molecule has 13 heteroatoms. The van der Waals surface area contributed by atoms with Crippen molar-refractivity contribution < 1.29 is 32.4 Å². The fraction of sp³-hybridized carbons (Fsp3) is 0.125. The lowest BCUT2D eigenvalue weighted by Crippen LogP contribution is -2.39. The SMILES string of the molecule is COC(=O)COc1cccc(/C=N\NC(=O)CN(c2ccccc2[N+](=O)[O-])S(=O)(=O)c2ccccc2)c1. The van der Waals surface area contributed by atoms with Gasteiger partial charge in [-0.15, -0.1) is 0 Å². The minimum atomic E-state index is -4.34. The quantitative estimate of drug-likeness (QED) is 0.173. The fourth-order valence-corrected chi connectivity index (χ4v) is 4.54. The lowest BCUT2D eigenvalue weighted by Gasteiger charge is -2.23. The lowest BCUT2D eigenvalue weighted by molar-refractivity contribution is -0.384. The highest BCUT2D eigenvalue weighted by Crippen LogP contribution is 2.31. The summed E-state index contributed by atoms with van der Waals surface area (Å²) in [5, 5.41) is 15.4. The molecule has 0 spiro atoms. The first kappa shape index (κ1) is 26.8. The molecule has 0 aliphatic carbocycles. The molecule has 0 aliphatic heterocycles. The molecule has 3 aromatic rings. The monoisotopic (exact) mass is 526 g/mol. The smallest absolute Gasteiger partial charge is 0.343 e. The second-order valence-corrected chi connectivity index (χ2v) is 9.16. The molecule has 0 saturated heterocycles. The molecule has 0 aromatic heterocycles. The van der Waals surface area contributed by atoms with Crippen LogP contribution >= 0.6 is 0 Å². The maximum absolute atomic E-state index is 13.3. The van der Waals surface area contributed by atoms with Crippen LogP contribution in [0.4, 0.5) is 11.4 Å². The molecule has 0 unspecified atom stereocenters. The Labute approximate surface area is 212 Å². The number of hydrogen-bond donors (Lipinski definition) is 1. The average Bonchev–Trinajstić information content (AvgIpc) is 2.91. The van der Waals surface area contributed by atoms with Gasteiger partial charge in [-0.05, 0) is 35.9 Å². The van der Waals surface area contributed by atoms with Gasteiger partial charge in [-0.2, -0.15) is 5.10 Å². The van der Waals surface area contributed by atoms with Crippen LogP contribution in [-0.4, -0.2) is 51.7 Å². The van der Waals surface area contributed by atoms with Crippen molar-refractivity contribution >= 4 is 39.5 Å². The number of esters is 1. The van der Waals surface area contributed by atoms with Gasteiger partial charge < -0.3 is 9.47 Å². The topological polar surface area (TPSA) is 158 Å². The molecular weight excluding hydrogens is 504 g/mol. The van der Waals surface area contributed by atoms with Crippen molar-refractivity contribution in [1.29, 1.82) is 0 Å². The number of nitrogens with zero attached hydrogens (tertiary/aromatic N) is 3. The maximum atomic E-state index is 13.3. The van der Waals surface area contributed by atoms with E-state index in [4.69, 9.17) is 4.74 Å². The molecule has 1 N–H and O–H groups in total. The van der Waals surface area contributed by atoms with Gasteiger partial charge in [0, 0.05) is 6.07 Å². The summed E-state index contributed by atoms with van der Waals surface area (Å²) in [5.74, 6) is -1.04. The van der Waals surface area contributed by atoms with E-state index in [0.29, 0.717) is 15.6 Å². The molecule has 0 heterocycles. The van der Waals surface area contributed by atoms with Gasteiger partial charge in [-0.3, -0.25) is 14.9 Å². The van der Waals surface area contributed by atoms with Crippen molar-refractivity contribution in [3.8, 4) is 5.75 Å². The number of carbonyl (C=O) groups excluding carboxylic acids is 2. The number of carbonyl (C=O) groups is 2. The highest BCUT2D eigenvalue weighted by atomic mass is 32.2. The summed E-state index contributed by atoms with van der Waals surface area (Å²) < 4.78 is 37.1. The zero-order valence-corrected chi connectivity index (χ0v) is 20.3. The number of ether oxygens (including phenoxy) is 2. The van der Waals surface area contributed by atoms with E-state index in [1.54, 1.807) is 30.3 Å². The highest BCUT2D eigenvalue weighted by Gasteiger charge is 2.31. The van der Waals surface area contributed by atoms with Gasteiger partial charge in [-0.1, -0.05) is 42.5 Å². The minimum absolute atomic E-state index is 0.145. The molecule has 0 radical (unpaired) electrons. The molecular formula is C24H22N4O8S. The molecule has 0 bridgehead atoms. The Kier molecular flexibility index (Phi) is 8.89. The fourth-order valence-electron chi connectivity index (χ4n) is 3.08. The number of hydrogen-bond acceptors (Lipinski definition) is 9. The van der Waals surface area contributed by atoms with Crippen molar-refractivity contribution in [3.05, 3.63) is 94.5 Å². The van der Waals surface area contributed by atoms with Gasteiger partial charge in [-0.25, -0.2) is 22.9 Å². The van der Waals surface area contributed by atoms with E-state index < -0.39 is 39.1 Å². The van der Waals surface area contributed by atoms with Gasteiger partial charge in [0.15, 0.2) is 6.61 Å². The van der Waals surface area contributed by atoms with Crippen molar-refractivity contribution in [2.24, 2.45) is 5.10 Å². The Hall–Kier alpha value is -4.78. The molecule has 37 heavy (non-hydrogen) atoms. The van der Waals surface area contributed by atoms with Crippen LogP contribution in [0.2, 0.25) is 0 Å². The standard InChI is InChI=1S/C24H22N4O8S/c1-35-24(30)17-36-19-9-7-8-18(14-19)15-25-26-23(29)16-27(21-12-5-6-13-22(21)28(31)32)37(33,34)20-10-3-2-4-11-20/h2-15H,16-17H2,1H3,(H,26,29)/b25-15-. The number of methoxy groups -OCH3 is 1. The van der Waals surface area contributed by atoms with Crippen LogP contribution in [0.5, 0.6) is 5.75 Å². The molecule has 3 rings (SSSR count). The van der Waals surface area contributed by atoms with Gasteiger partial charge in [0.2, 0.25) is 0 Å². The van der Waals surface area contributed by atoms with E-state index in [0.717, 1.165) is 6.07 Å². The minimum Gasteiger partial charge on any atom is -0.482 e. The van der Waals surface area contributed by atoms with Gasteiger partial charge >= 0.3 is 5.97 Å². The number of sulfonamides is 1. The molecule has 192 valence electrons. The first-order chi connectivity index (χ1) is 17.7. The van der Waals surface area contributed by atoms with E-state index in [1.807, 2.05) is 0 Å². The number of anilines is 1. The number of benzene rings is 3. The van der Waals surface area contributed by atoms with Gasteiger partial charge in [0.05, 0.1) is 23.1 Å². The third-order valence-corrected chi connectivity index (χ3v) is 6.58. The third kappa shape index (κ3) is 7.11. The predicted molar refractivity (Wildman–Crippen MR) is 134 cm³/mol. The Morgan fingerprint density at radius 1 is 1.05 bits per heavy atom. The second kappa shape index (κ2) is 12.3. The summed E-state index contributed by atoms with van der Waals surface area (Å²) in [6.45, 7) is -1.06. The maximum Gasteiger partial charge on any atom is 0.343 e.